The van der Waals surface area contributed by atoms with E-state index in [4.69, 9.17) is 19.6 Å². The lowest BCUT2D eigenvalue weighted by atomic mass is 9.82. The zero-order valence-electron chi connectivity index (χ0n) is 24.6. The number of fused-ring (bicyclic) bond motifs is 1. The number of ether oxygens (including phenoxy) is 2. The molecule has 2 aliphatic rings. The van der Waals surface area contributed by atoms with Gasteiger partial charge in [0.05, 0.1) is 36.0 Å². The average Bonchev–Trinajstić information content (AvgIpc) is 3.37. The molecule has 0 radical (unpaired) electrons. The van der Waals surface area contributed by atoms with E-state index in [1.165, 1.54) is 0 Å². The van der Waals surface area contributed by atoms with Gasteiger partial charge in [0.25, 0.3) is 11.8 Å². The van der Waals surface area contributed by atoms with E-state index in [1.807, 2.05) is 76.2 Å². The molecule has 0 fully saturated rings. The van der Waals surface area contributed by atoms with Gasteiger partial charge in [-0.05, 0) is 95.0 Å². The average molecular weight is 556 g/mol. The molecule has 0 saturated heterocycles. The standard InChI is InChI=1S/C32H37N5O4/c1-7-21-12-15-23-24(16-17-25(40-6)26(23)33-21)28-32(4,5)30(39)37(36-28)18-8-9-19-41-22-13-10-20(11-14-22)27-31(2,3)29(38)35-34-27/h10-17H,7-9,18-19H2,1-6H3,(H,35,38). The fourth-order valence-corrected chi connectivity index (χ4v) is 5.24. The summed E-state index contributed by atoms with van der Waals surface area (Å²) in [5, 5.41) is 11.5. The molecule has 214 valence electrons. The van der Waals surface area contributed by atoms with Crippen LogP contribution < -0.4 is 14.9 Å². The third kappa shape index (κ3) is 5.16. The van der Waals surface area contributed by atoms with Crippen LogP contribution in [-0.4, -0.2) is 53.5 Å². The summed E-state index contributed by atoms with van der Waals surface area (Å²) in [4.78, 5) is 30.2. The Morgan fingerprint density at radius 3 is 2.32 bits per heavy atom. The number of nitrogens with zero attached hydrogens (tertiary/aromatic N) is 4. The van der Waals surface area contributed by atoms with Gasteiger partial charge < -0.3 is 9.47 Å². The van der Waals surface area contributed by atoms with E-state index in [2.05, 4.69) is 17.5 Å². The molecule has 41 heavy (non-hydrogen) atoms. The Balaban J connectivity index is 1.22. The number of unbranched alkanes of at least 4 members (excludes halogenated alkanes) is 1. The molecule has 2 aromatic carbocycles. The highest BCUT2D eigenvalue weighted by molar-refractivity contribution is 6.23. The number of hydrogen-bond acceptors (Lipinski definition) is 7. The minimum atomic E-state index is -0.762. The minimum Gasteiger partial charge on any atom is -0.494 e. The van der Waals surface area contributed by atoms with E-state index in [-0.39, 0.29) is 11.8 Å². The quantitative estimate of drug-likeness (QED) is 0.351. The number of carbonyl (C=O) groups is 2. The second-order valence-corrected chi connectivity index (χ2v) is 11.5. The summed E-state index contributed by atoms with van der Waals surface area (Å²) >= 11 is 0. The zero-order valence-corrected chi connectivity index (χ0v) is 24.6. The Morgan fingerprint density at radius 2 is 1.66 bits per heavy atom. The first kappa shape index (κ1) is 28.3. The number of amides is 2. The van der Waals surface area contributed by atoms with E-state index >= 15 is 0 Å². The number of hydrazone groups is 2. The van der Waals surface area contributed by atoms with Crippen molar-refractivity contribution in [2.45, 2.75) is 53.9 Å². The van der Waals surface area contributed by atoms with Crippen molar-refractivity contribution in [3.63, 3.8) is 0 Å². The van der Waals surface area contributed by atoms with E-state index in [9.17, 15) is 9.59 Å². The molecular weight excluding hydrogens is 518 g/mol. The summed E-state index contributed by atoms with van der Waals surface area (Å²) in [6.07, 6.45) is 2.34. The summed E-state index contributed by atoms with van der Waals surface area (Å²) in [6, 6.07) is 15.5. The summed E-state index contributed by atoms with van der Waals surface area (Å²) in [5.41, 5.74) is 6.14. The van der Waals surface area contributed by atoms with Crippen LogP contribution >= 0.6 is 0 Å². The van der Waals surface area contributed by atoms with Gasteiger partial charge in [-0.1, -0.05) is 13.0 Å². The van der Waals surface area contributed by atoms with Gasteiger partial charge in [0.15, 0.2) is 0 Å². The first-order chi connectivity index (χ1) is 19.6. The van der Waals surface area contributed by atoms with Gasteiger partial charge in [-0.2, -0.15) is 10.2 Å². The maximum absolute atomic E-state index is 13.4. The highest BCUT2D eigenvalue weighted by Crippen LogP contribution is 2.37. The molecule has 1 aromatic heterocycles. The second kappa shape index (κ2) is 11.0. The van der Waals surface area contributed by atoms with E-state index in [1.54, 1.807) is 12.1 Å². The van der Waals surface area contributed by atoms with Crippen LogP contribution in [0.25, 0.3) is 10.9 Å². The van der Waals surface area contributed by atoms with Gasteiger partial charge in [0.1, 0.15) is 17.0 Å². The molecule has 9 nitrogen and oxygen atoms in total. The number of rotatable bonds is 10. The van der Waals surface area contributed by atoms with E-state index in [0.717, 1.165) is 64.2 Å². The van der Waals surface area contributed by atoms with Crippen molar-refractivity contribution in [2.75, 3.05) is 20.3 Å². The Labute approximate surface area is 240 Å². The molecule has 9 heteroatoms. The topological polar surface area (TPSA) is 105 Å². The minimum absolute atomic E-state index is 0.0168. The molecule has 5 rings (SSSR count). The van der Waals surface area contributed by atoms with Crippen LogP contribution in [0.4, 0.5) is 0 Å². The smallest absolute Gasteiger partial charge is 0.254 e. The third-order valence-corrected chi connectivity index (χ3v) is 7.89. The number of pyridine rings is 1. The summed E-state index contributed by atoms with van der Waals surface area (Å²) < 4.78 is 11.5. The maximum Gasteiger partial charge on any atom is 0.254 e. The highest BCUT2D eigenvalue weighted by Gasteiger charge is 2.44. The lowest BCUT2D eigenvalue weighted by Gasteiger charge is -2.20. The van der Waals surface area contributed by atoms with Crippen molar-refractivity contribution in [2.24, 2.45) is 21.0 Å². The normalized spacial score (nSPS) is 17.5. The number of aryl methyl sites for hydroxylation is 1. The molecule has 0 saturated carbocycles. The van der Waals surface area contributed by atoms with Crippen LogP contribution in [0.3, 0.4) is 0 Å². The predicted molar refractivity (Wildman–Crippen MR) is 159 cm³/mol. The van der Waals surface area contributed by atoms with Gasteiger partial charge >= 0.3 is 0 Å². The number of methoxy groups -OCH3 is 1. The second-order valence-electron chi connectivity index (χ2n) is 11.5. The van der Waals surface area contributed by atoms with Gasteiger partial charge in [0.2, 0.25) is 0 Å². The van der Waals surface area contributed by atoms with Crippen LogP contribution in [0.15, 0.2) is 58.7 Å². The molecule has 0 bridgehead atoms. The fourth-order valence-electron chi connectivity index (χ4n) is 5.24. The molecule has 3 heterocycles. The van der Waals surface area contributed by atoms with Crippen LogP contribution in [-0.2, 0) is 16.0 Å². The predicted octanol–water partition coefficient (Wildman–Crippen LogP) is 5.10. The van der Waals surface area contributed by atoms with E-state index in [0.29, 0.717) is 18.9 Å². The molecule has 0 unspecified atom stereocenters. The number of carbonyl (C=O) groups excluding carboxylic acids is 2. The molecular formula is C32H37N5O4. The molecule has 1 N–H and O–H groups in total. The number of aromatic nitrogens is 1. The summed E-state index contributed by atoms with van der Waals surface area (Å²) in [5.74, 6) is 1.33. The molecule has 0 aliphatic carbocycles. The largest absolute Gasteiger partial charge is 0.494 e. The van der Waals surface area contributed by atoms with Crippen LogP contribution in [0, 0.1) is 10.8 Å². The van der Waals surface area contributed by atoms with Crippen LogP contribution in [0.5, 0.6) is 11.5 Å². The van der Waals surface area contributed by atoms with Crippen molar-refractivity contribution in [3.8, 4) is 11.5 Å². The summed E-state index contributed by atoms with van der Waals surface area (Å²) in [7, 11) is 1.64. The van der Waals surface area contributed by atoms with Crippen molar-refractivity contribution >= 4 is 34.1 Å². The Morgan fingerprint density at radius 1 is 0.902 bits per heavy atom. The van der Waals surface area contributed by atoms with Crippen molar-refractivity contribution in [1.82, 2.24) is 15.4 Å². The van der Waals surface area contributed by atoms with Gasteiger partial charge in [0, 0.05) is 23.2 Å². The molecule has 0 spiro atoms. The first-order valence-electron chi connectivity index (χ1n) is 14.1. The molecule has 3 aromatic rings. The number of nitrogens with one attached hydrogen (secondary N) is 1. The maximum atomic E-state index is 13.4. The van der Waals surface area contributed by atoms with Crippen molar-refractivity contribution < 1.29 is 19.1 Å². The van der Waals surface area contributed by atoms with Crippen LogP contribution in [0.2, 0.25) is 0 Å². The SMILES string of the molecule is CCc1ccc2c(C3=NN(CCCCOc4ccc(C5=NNC(=O)C5(C)C)cc4)C(=O)C3(C)C)ccc(OC)c2n1. The lowest BCUT2D eigenvalue weighted by Crippen LogP contribution is -2.35. The molecule has 0 atom stereocenters. The van der Waals surface area contributed by atoms with Crippen molar-refractivity contribution in [3.05, 3.63) is 65.4 Å². The van der Waals surface area contributed by atoms with Gasteiger partial charge in [-0.3, -0.25) is 9.59 Å². The number of hydrogen-bond donors (Lipinski definition) is 1. The number of benzene rings is 2. The summed E-state index contributed by atoms with van der Waals surface area (Å²) in [6.45, 7) is 10.7. The molecule has 2 amide bonds. The Hall–Kier alpha value is -4.27. The van der Waals surface area contributed by atoms with Gasteiger partial charge in [-0.25, -0.2) is 15.4 Å². The van der Waals surface area contributed by atoms with Crippen LogP contribution in [0.1, 0.15) is 64.3 Å². The Bertz CT molecular complexity index is 1560. The van der Waals surface area contributed by atoms with Gasteiger partial charge in [-0.15, -0.1) is 0 Å². The Kier molecular flexibility index (Phi) is 7.55. The monoisotopic (exact) mass is 555 g/mol. The molecule has 2 aliphatic heterocycles. The fraction of sp³-hybridized carbons (Fsp3) is 0.406. The van der Waals surface area contributed by atoms with Crippen molar-refractivity contribution in [1.29, 1.82) is 0 Å². The highest BCUT2D eigenvalue weighted by atomic mass is 16.5. The third-order valence-electron chi connectivity index (χ3n) is 7.89. The van der Waals surface area contributed by atoms with E-state index < -0.39 is 10.8 Å². The zero-order chi connectivity index (χ0) is 29.4. The first-order valence-corrected chi connectivity index (χ1v) is 14.1. The lowest BCUT2D eigenvalue weighted by molar-refractivity contribution is -0.135.